The van der Waals surface area contributed by atoms with Crippen LogP contribution >= 0.6 is 15.6 Å². The molecule has 0 aromatic heterocycles. The van der Waals surface area contributed by atoms with Crippen LogP contribution in [0.1, 0.15) is 389 Å². The Morgan fingerprint density at radius 2 is 0.500 bits per heavy atom. The number of unbranched alkanes of at least 4 members (excludes halogenated alkanes) is 39. The lowest BCUT2D eigenvalue weighted by Crippen LogP contribution is -2.30. The van der Waals surface area contributed by atoms with Crippen molar-refractivity contribution in [3.8, 4) is 0 Å². The third-order valence-electron chi connectivity index (χ3n) is 18.2. The lowest BCUT2D eigenvalue weighted by molar-refractivity contribution is -0.161. The summed E-state index contributed by atoms with van der Waals surface area (Å²) in [7, 11) is -9.91. The minimum absolute atomic E-state index is 0.104. The molecule has 3 unspecified atom stereocenters. The summed E-state index contributed by atoms with van der Waals surface area (Å²) in [5.74, 6) is 0.939. The van der Waals surface area contributed by atoms with Crippen molar-refractivity contribution in [2.45, 2.75) is 408 Å². The zero-order chi connectivity index (χ0) is 71.0. The summed E-state index contributed by atoms with van der Waals surface area (Å²) in [5, 5.41) is 10.6. The molecule has 0 bridgehead atoms. The van der Waals surface area contributed by atoms with Gasteiger partial charge in [0.05, 0.1) is 26.4 Å². The lowest BCUT2D eigenvalue weighted by atomic mass is 10.00. The van der Waals surface area contributed by atoms with Crippen LogP contribution in [0.4, 0.5) is 0 Å². The minimum Gasteiger partial charge on any atom is -0.462 e. The summed E-state index contributed by atoms with van der Waals surface area (Å²) >= 11 is 0. The lowest BCUT2D eigenvalue weighted by Gasteiger charge is -2.21. The van der Waals surface area contributed by atoms with Gasteiger partial charge in [0.25, 0.3) is 0 Å². The second-order valence-electron chi connectivity index (χ2n) is 29.4. The molecule has 17 nitrogen and oxygen atoms in total. The van der Waals surface area contributed by atoms with Crippen molar-refractivity contribution in [2.24, 2.45) is 23.7 Å². The number of carbonyl (C=O) groups excluding carboxylic acids is 4. The molecule has 96 heavy (non-hydrogen) atoms. The van der Waals surface area contributed by atoms with Crippen LogP contribution in [0.15, 0.2) is 0 Å². The Hall–Kier alpha value is -1.94. The highest BCUT2D eigenvalue weighted by Crippen LogP contribution is 2.45. The van der Waals surface area contributed by atoms with Crippen LogP contribution in [0.2, 0.25) is 0 Å². The maximum atomic E-state index is 13.1. The zero-order valence-corrected chi connectivity index (χ0v) is 64.8. The number of carbonyl (C=O) groups is 4. The normalized spacial score (nSPS) is 14.4. The van der Waals surface area contributed by atoms with Gasteiger partial charge in [0.2, 0.25) is 0 Å². The number of phosphoric acid groups is 2. The van der Waals surface area contributed by atoms with E-state index in [1.807, 2.05) is 0 Å². The molecule has 0 amide bonds. The molecule has 0 rings (SSSR count). The molecular formula is C77H150O17P2. The van der Waals surface area contributed by atoms with Crippen molar-refractivity contribution in [1.29, 1.82) is 0 Å². The maximum Gasteiger partial charge on any atom is 0.472 e. The topological polar surface area (TPSA) is 237 Å². The van der Waals surface area contributed by atoms with Gasteiger partial charge in [-0.05, 0) is 49.4 Å². The van der Waals surface area contributed by atoms with Crippen LogP contribution in [0.5, 0.6) is 0 Å². The van der Waals surface area contributed by atoms with Crippen molar-refractivity contribution in [3.63, 3.8) is 0 Å². The Balaban J connectivity index is 5.24. The molecule has 0 aliphatic heterocycles. The van der Waals surface area contributed by atoms with E-state index < -0.39 is 97.5 Å². The zero-order valence-electron chi connectivity index (χ0n) is 63.0. The van der Waals surface area contributed by atoms with Gasteiger partial charge in [0, 0.05) is 25.7 Å². The van der Waals surface area contributed by atoms with Gasteiger partial charge >= 0.3 is 39.5 Å². The Morgan fingerprint density at radius 1 is 0.292 bits per heavy atom. The number of phosphoric ester groups is 2. The van der Waals surface area contributed by atoms with E-state index in [9.17, 15) is 43.2 Å². The van der Waals surface area contributed by atoms with Crippen molar-refractivity contribution in [2.75, 3.05) is 39.6 Å². The van der Waals surface area contributed by atoms with Gasteiger partial charge in [-0.25, -0.2) is 9.13 Å². The average molecular weight is 1410 g/mol. The number of hydrogen-bond donors (Lipinski definition) is 3. The molecule has 6 atom stereocenters. The summed E-state index contributed by atoms with van der Waals surface area (Å²) < 4.78 is 68.5. The Labute approximate surface area is 588 Å². The standard InChI is InChI=1S/C77H150O17P2/c1-9-70(8)56-48-40-35-36-42-50-58-75(80)88-64-73(94-77(82)60-52-44-34-28-22-25-31-39-47-55-69(6)7)66-92-96(85,86)90-62-71(78)61-89-95(83,84)91-65-72(93-76(81)59-51-43-33-27-21-17-13-15-19-24-30-38-46-54-68(4)5)63-87-74(79)57-49-41-32-26-20-16-12-10-11-14-18-23-29-37-45-53-67(2)3/h67-73,78H,9-66H2,1-8H3,(H,83,84)(H,85,86)/t70?,71-,72-,73-/m1/s1. The molecule has 0 saturated carbocycles. The fraction of sp³-hybridized carbons (Fsp3) is 0.948. The first kappa shape index (κ1) is 94.1. The Kier molecular flexibility index (Phi) is 65.0. The smallest absolute Gasteiger partial charge is 0.462 e. The number of ether oxygens (including phenoxy) is 4. The van der Waals surface area contributed by atoms with Crippen molar-refractivity contribution < 1.29 is 80.2 Å². The number of rotatable bonds is 74. The molecule has 0 saturated heterocycles. The number of hydrogen-bond acceptors (Lipinski definition) is 15. The fourth-order valence-corrected chi connectivity index (χ4v) is 13.3. The number of aliphatic hydroxyl groups is 1. The molecule has 0 aromatic rings. The summed E-state index contributed by atoms with van der Waals surface area (Å²) in [6.45, 7) is 14.2. The predicted octanol–water partition coefficient (Wildman–Crippen LogP) is 22.4. The highest BCUT2D eigenvalue weighted by atomic mass is 31.2. The van der Waals surface area contributed by atoms with Gasteiger partial charge in [-0.2, -0.15) is 0 Å². The molecule has 0 fully saturated rings. The molecule has 0 aromatic carbocycles. The van der Waals surface area contributed by atoms with Crippen LogP contribution in [0, 0.1) is 23.7 Å². The van der Waals surface area contributed by atoms with Gasteiger partial charge in [-0.3, -0.25) is 37.3 Å². The highest BCUT2D eigenvalue weighted by Gasteiger charge is 2.30. The first-order valence-electron chi connectivity index (χ1n) is 39.7. The minimum atomic E-state index is -4.96. The first-order valence-corrected chi connectivity index (χ1v) is 42.7. The van der Waals surface area contributed by atoms with Crippen molar-refractivity contribution in [1.82, 2.24) is 0 Å². The Morgan fingerprint density at radius 3 is 0.740 bits per heavy atom. The van der Waals surface area contributed by atoms with Gasteiger partial charge in [0.1, 0.15) is 19.3 Å². The number of esters is 4. The van der Waals surface area contributed by atoms with E-state index in [2.05, 4.69) is 55.4 Å². The Bertz CT molecular complexity index is 1890. The van der Waals surface area contributed by atoms with E-state index in [0.717, 1.165) is 120 Å². The first-order chi connectivity index (χ1) is 46.1. The van der Waals surface area contributed by atoms with Crippen LogP contribution in [0.3, 0.4) is 0 Å². The molecule has 570 valence electrons. The van der Waals surface area contributed by atoms with E-state index in [4.69, 9.17) is 37.0 Å². The molecule has 0 radical (unpaired) electrons. The predicted molar refractivity (Wildman–Crippen MR) is 391 cm³/mol. The molecule has 0 aliphatic carbocycles. The van der Waals surface area contributed by atoms with Crippen LogP contribution in [-0.2, 0) is 65.4 Å². The molecule has 0 spiro atoms. The van der Waals surface area contributed by atoms with Gasteiger partial charge in [0.15, 0.2) is 12.2 Å². The number of aliphatic hydroxyl groups excluding tert-OH is 1. The van der Waals surface area contributed by atoms with Gasteiger partial charge in [-0.1, -0.05) is 338 Å². The van der Waals surface area contributed by atoms with E-state index in [1.54, 1.807) is 0 Å². The van der Waals surface area contributed by atoms with E-state index in [0.29, 0.717) is 25.7 Å². The van der Waals surface area contributed by atoms with Gasteiger partial charge < -0.3 is 33.8 Å². The van der Waals surface area contributed by atoms with Gasteiger partial charge in [-0.15, -0.1) is 0 Å². The third-order valence-corrected chi connectivity index (χ3v) is 20.1. The third kappa shape index (κ3) is 69.2. The van der Waals surface area contributed by atoms with Crippen LogP contribution in [-0.4, -0.2) is 96.7 Å². The molecule has 0 aliphatic rings. The molecule has 0 heterocycles. The second-order valence-corrected chi connectivity index (χ2v) is 32.3. The maximum absolute atomic E-state index is 13.1. The van der Waals surface area contributed by atoms with E-state index >= 15 is 0 Å². The summed E-state index contributed by atoms with van der Waals surface area (Å²) in [6.07, 6.45) is 51.4. The molecule has 3 N–H and O–H groups in total. The quantitative estimate of drug-likeness (QED) is 0.0222. The highest BCUT2D eigenvalue weighted by molar-refractivity contribution is 7.47. The van der Waals surface area contributed by atoms with Crippen molar-refractivity contribution >= 4 is 39.5 Å². The monoisotopic (exact) mass is 1410 g/mol. The second kappa shape index (κ2) is 66.3. The van der Waals surface area contributed by atoms with E-state index in [1.165, 1.54) is 186 Å². The van der Waals surface area contributed by atoms with Crippen LogP contribution in [0.25, 0.3) is 0 Å². The summed E-state index contributed by atoms with van der Waals surface area (Å²) in [4.78, 5) is 72.8. The fourth-order valence-electron chi connectivity index (χ4n) is 11.7. The summed E-state index contributed by atoms with van der Waals surface area (Å²) in [5.41, 5.74) is 0. The molecule has 19 heteroatoms. The summed E-state index contributed by atoms with van der Waals surface area (Å²) in [6, 6.07) is 0. The van der Waals surface area contributed by atoms with Crippen LogP contribution < -0.4 is 0 Å². The molecular weight excluding hydrogens is 1260 g/mol. The average Bonchev–Trinajstić information content (AvgIpc) is 1.16. The van der Waals surface area contributed by atoms with Crippen molar-refractivity contribution in [3.05, 3.63) is 0 Å². The van der Waals surface area contributed by atoms with E-state index in [-0.39, 0.29) is 25.7 Å². The SMILES string of the molecule is CCC(C)CCCCCCCCC(=O)OC[C@H](COP(=O)(O)OC[C@H](O)COP(=O)(O)OC[C@@H](COC(=O)CCCCCCCCCCCCCCCCCC(C)C)OC(=O)CCCCCCCCCCCCCCCC(C)C)OC(=O)CCCCCCCCCCCC(C)C. The largest absolute Gasteiger partial charge is 0.472 e.